The third-order valence-corrected chi connectivity index (χ3v) is 8.63. The first-order valence-corrected chi connectivity index (χ1v) is 14.3. The predicted octanol–water partition coefficient (Wildman–Crippen LogP) is 4.95. The number of hydrogen-bond acceptors (Lipinski definition) is 6. The van der Waals surface area contributed by atoms with Crippen LogP contribution in [0.25, 0.3) is 11.0 Å². The van der Waals surface area contributed by atoms with Crippen molar-refractivity contribution in [1.82, 2.24) is 20.1 Å². The number of nitrogens with one attached hydrogen (secondary N) is 2. The van der Waals surface area contributed by atoms with Crippen molar-refractivity contribution in [3.63, 3.8) is 0 Å². The third kappa shape index (κ3) is 6.27. The Bertz CT molecular complexity index is 1280. The molecule has 1 saturated carbocycles. The molecule has 0 bridgehead atoms. The van der Waals surface area contributed by atoms with Crippen LogP contribution in [-0.4, -0.2) is 72.9 Å². The molecule has 39 heavy (non-hydrogen) atoms. The number of likely N-dealkylation sites (tertiary alicyclic amines) is 1. The Balaban J connectivity index is 1.07. The molecule has 8 nitrogen and oxygen atoms in total. The lowest BCUT2D eigenvalue weighted by Crippen LogP contribution is -2.40. The highest BCUT2D eigenvalue weighted by Crippen LogP contribution is 2.59. The van der Waals surface area contributed by atoms with Crippen LogP contribution in [0.3, 0.4) is 0 Å². The molecule has 3 heterocycles. The Labute approximate surface area is 231 Å². The van der Waals surface area contributed by atoms with Gasteiger partial charge in [0.05, 0.1) is 6.20 Å². The van der Waals surface area contributed by atoms with Crippen molar-refractivity contribution < 1.29 is 14.0 Å². The van der Waals surface area contributed by atoms with E-state index in [0.717, 1.165) is 74.2 Å². The standard InChI is InChI=1S/C31H41N5O3/c1-4-5-13-35(3)16-12-33-25-6-7-26(22(2)17-25)30(38)36-14-9-31(10-15-36)19-24(31)20-34-29(37)27-18-23-8-11-32-21-28(23)39-27/h6-8,11,17-18,21,24,33H,4-5,9-10,12-16,19-20H2,1-3H3,(H,34,37). The van der Waals surface area contributed by atoms with Gasteiger partial charge in [-0.15, -0.1) is 0 Å². The van der Waals surface area contributed by atoms with E-state index in [4.69, 9.17) is 4.42 Å². The molecule has 5 rings (SSSR count). The van der Waals surface area contributed by atoms with Crippen LogP contribution in [-0.2, 0) is 0 Å². The second kappa shape index (κ2) is 11.8. The quantitative estimate of drug-likeness (QED) is 0.364. The molecule has 1 saturated heterocycles. The van der Waals surface area contributed by atoms with Gasteiger partial charge < -0.3 is 24.9 Å². The average molecular weight is 532 g/mol. The normalized spacial score (nSPS) is 18.1. The first-order chi connectivity index (χ1) is 18.9. The summed E-state index contributed by atoms with van der Waals surface area (Å²) in [5.41, 5.74) is 3.73. The molecule has 208 valence electrons. The number of piperidine rings is 1. The largest absolute Gasteiger partial charge is 0.449 e. The van der Waals surface area contributed by atoms with Crippen LogP contribution < -0.4 is 10.6 Å². The number of furan rings is 1. The van der Waals surface area contributed by atoms with Gasteiger partial charge in [-0.25, -0.2) is 0 Å². The summed E-state index contributed by atoms with van der Waals surface area (Å²) in [6.45, 7) is 9.42. The topological polar surface area (TPSA) is 90.7 Å². The van der Waals surface area contributed by atoms with E-state index in [2.05, 4.69) is 40.6 Å². The molecule has 1 aromatic carbocycles. The fourth-order valence-corrected chi connectivity index (χ4v) is 5.90. The van der Waals surface area contributed by atoms with E-state index in [1.807, 2.05) is 30.0 Å². The number of nitrogens with zero attached hydrogens (tertiary/aromatic N) is 3. The molecular weight excluding hydrogens is 490 g/mol. The highest BCUT2D eigenvalue weighted by Gasteiger charge is 2.54. The number of rotatable bonds is 11. The highest BCUT2D eigenvalue weighted by atomic mass is 16.3. The van der Waals surface area contributed by atoms with Crippen LogP contribution in [0.2, 0.25) is 0 Å². The maximum atomic E-state index is 13.3. The summed E-state index contributed by atoms with van der Waals surface area (Å²) in [5, 5.41) is 7.42. The van der Waals surface area contributed by atoms with Gasteiger partial charge in [-0.1, -0.05) is 13.3 Å². The average Bonchev–Trinajstić information content (AvgIpc) is 3.41. The van der Waals surface area contributed by atoms with Crippen LogP contribution in [0, 0.1) is 18.3 Å². The fraction of sp³-hybridized carbons (Fsp3) is 0.516. The van der Waals surface area contributed by atoms with E-state index < -0.39 is 0 Å². The Morgan fingerprint density at radius 3 is 2.74 bits per heavy atom. The summed E-state index contributed by atoms with van der Waals surface area (Å²) in [7, 11) is 2.16. The summed E-state index contributed by atoms with van der Waals surface area (Å²) in [5.74, 6) is 0.720. The first kappa shape index (κ1) is 27.2. The highest BCUT2D eigenvalue weighted by molar-refractivity contribution is 5.96. The minimum absolute atomic E-state index is 0.123. The Kier molecular flexibility index (Phi) is 8.21. The van der Waals surface area contributed by atoms with Crippen molar-refractivity contribution in [3.05, 3.63) is 59.6 Å². The zero-order valence-electron chi connectivity index (χ0n) is 23.5. The van der Waals surface area contributed by atoms with Gasteiger partial charge in [0, 0.05) is 55.6 Å². The Hall–Kier alpha value is -3.39. The number of fused-ring (bicyclic) bond motifs is 1. The first-order valence-electron chi connectivity index (χ1n) is 14.3. The summed E-state index contributed by atoms with van der Waals surface area (Å²) in [4.78, 5) is 34.3. The lowest BCUT2D eigenvalue weighted by molar-refractivity contribution is 0.0668. The molecule has 1 aliphatic heterocycles. The number of aromatic nitrogens is 1. The number of pyridine rings is 1. The molecule has 1 unspecified atom stereocenters. The number of amides is 2. The van der Waals surface area contributed by atoms with E-state index in [9.17, 15) is 9.59 Å². The van der Waals surface area contributed by atoms with Crippen LogP contribution in [0.5, 0.6) is 0 Å². The fourth-order valence-electron chi connectivity index (χ4n) is 5.90. The second-order valence-corrected chi connectivity index (χ2v) is 11.4. The number of benzene rings is 1. The molecule has 1 spiro atoms. The van der Waals surface area contributed by atoms with Crippen molar-refractivity contribution in [2.45, 2.75) is 46.0 Å². The van der Waals surface area contributed by atoms with E-state index in [1.165, 1.54) is 12.8 Å². The van der Waals surface area contributed by atoms with Crippen LogP contribution in [0.15, 0.2) is 47.1 Å². The summed E-state index contributed by atoms with van der Waals surface area (Å²) in [6, 6.07) is 9.67. The number of anilines is 1. The Morgan fingerprint density at radius 2 is 2.00 bits per heavy atom. The molecule has 2 amide bonds. The zero-order chi connectivity index (χ0) is 27.4. The lowest BCUT2D eigenvalue weighted by Gasteiger charge is -2.33. The van der Waals surface area contributed by atoms with Gasteiger partial charge in [0.25, 0.3) is 11.8 Å². The lowest BCUT2D eigenvalue weighted by atomic mass is 9.90. The van der Waals surface area contributed by atoms with Crippen molar-refractivity contribution in [2.75, 3.05) is 51.6 Å². The van der Waals surface area contributed by atoms with Crippen LogP contribution in [0.4, 0.5) is 5.69 Å². The number of likely N-dealkylation sites (N-methyl/N-ethyl adjacent to an activating group) is 1. The minimum atomic E-state index is -0.183. The second-order valence-electron chi connectivity index (χ2n) is 11.4. The third-order valence-electron chi connectivity index (χ3n) is 8.63. The van der Waals surface area contributed by atoms with E-state index in [-0.39, 0.29) is 17.2 Å². The molecule has 8 heteroatoms. The summed E-state index contributed by atoms with van der Waals surface area (Å²) >= 11 is 0. The molecule has 2 aromatic heterocycles. The number of aryl methyl sites for hydroxylation is 1. The van der Waals surface area contributed by atoms with E-state index in [1.54, 1.807) is 18.5 Å². The molecule has 0 radical (unpaired) electrons. The number of carbonyl (C=O) groups excluding carboxylic acids is 2. The van der Waals surface area contributed by atoms with Gasteiger partial charge in [-0.05, 0) is 93.4 Å². The molecule has 2 aliphatic rings. The van der Waals surface area contributed by atoms with Gasteiger partial charge in [-0.2, -0.15) is 0 Å². The van der Waals surface area contributed by atoms with Crippen molar-refractivity contribution in [2.24, 2.45) is 11.3 Å². The summed E-state index contributed by atoms with van der Waals surface area (Å²) in [6.07, 6.45) is 8.83. The zero-order valence-corrected chi connectivity index (χ0v) is 23.5. The van der Waals surface area contributed by atoms with Crippen molar-refractivity contribution in [3.8, 4) is 0 Å². The van der Waals surface area contributed by atoms with Gasteiger partial charge in [0.2, 0.25) is 0 Å². The Morgan fingerprint density at radius 1 is 1.18 bits per heavy atom. The maximum Gasteiger partial charge on any atom is 0.287 e. The van der Waals surface area contributed by atoms with Crippen molar-refractivity contribution >= 4 is 28.5 Å². The maximum absolute atomic E-state index is 13.3. The molecule has 1 atom stereocenters. The van der Waals surface area contributed by atoms with Gasteiger partial charge in [-0.3, -0.25) is 14.6 Å². The molecule has 2 N–H and O–H groups in total. The monoisotopic (exact) mass is 531 g/mol. The van der Waals surface area contributed by atoms with Gasteiger partial charge >= 0.3 is 0 Å². The molecule has 1 aliphatic carbocycles. The summed E-state index contributed by atoms with van der Waals surface area (Å²) < 4.78 is 5.64. The van der Waals surface area contributed by atoms with Crippen molar-refractivity contribution in [1.29, 1.82) is 0 Å². The molecule has 3 aromatic rings. The number of hydrogen-bond donors (Lipinski definition) is 2. The van der Waals surface area contributed by atoms with Gasteiger partial charge in [0.1, 0.15) is 0 Å². The van der Waals surface area contributed by atoms with E-state index >= 15 is 0 Å². The number of unbranched alkanes of at least 4 members (excludes halogenated alkanes) is 1. The predicted molar refractivity (Wildman–Crippen MR) is 154 cm³/mol. The number of carbonyl (C=O) groups is 2. The minimum Gasteiger partial charge on any atom is -0.449 e. The van der Waals surface area contributed by atoms with Crippen LogP contribution >= 0.6 is 0 Å². The molecular formula is C31H41N5O3. The SMILES string of the molecule is CCCCN(C)CCNc1ccc(C(=O)N2CCC3(CC2)CC3CNC(=O)c2cc3ccncc3o2)c(C)c1. The molecule has 2 fully saturated rings. The van der Waals surface area contributed by atoms with E-state index in [0.29, 0.717) is 23.8 Å². The van der Waals surface area contributed by atoms with Gasteiger partial charge in [0.15, 0.2) is 11.3 Å². The smallest absolute Gasteiger partial charge is 0.287 e. The van der Waals surface area contributed by atoms with Crippen LogP contribution in [0.1, 0.15) is 65.5 Å².